The molecule has 0 aliphatic rings. The van der Waals surface area contributed by atoms with Crippen LogP contribution < -0.4 is 0 Å². The summed E-state index contributed by atoms with van der Waals surface area (Å²) in [7, 11) is -0.845. The first-order valence-corrected chi connectivity index (χ1v) is 7.16. The average molecular weight is 226 g/mol. The van der Waals surface area contributed by atoms with Gasteiger partial charge in [0, 0.05) is 0 Å². The lowest BCUT2D eigenvalue weighted by Gasteiger charge is -2.05. The van der Waals surface area contributed by atoms with Crippen LogP contribution in [-0.4, -0.2) is 8.07 Å². The SMILES string of the molecule is C[Si](C)(C)/C=C/I. The lowest BCUT2D eigenvalue weighted by molar-refractivity contribution is 1.78. The molecular weight excluding hydrogens is 215 g/mol. The highest BCUT2D eigenvalue weighted by molar-refractivity contribution is 14.1. The van der Waals surface area contributed by atoms with E-state index in [1.165, 1.54) is 0 Å². The summed E-state index contributed by atoms with van der Waals surface area (Å²) in [5, 5.41) is 0. The van der Waals surface area contributed by atoms with Gasteiger partial charge in [0.1, 0.15) is 0 Å². The van der Waals surface area contributed by atoms with E-state index in [-0.39, 0.29) is 0 Å². The zero-order valence-corrected chi connectivity index (χ0v) is 8.19. The minimum atomic E-state index is -0.845. The number of hydrogen-bond acceptors (Lipinski definition) is 0. The molecule has 0 bridgehead atoms. The Morgan fingerprint density at radius 2 is 1.71 bits per heavy atom. The highest BCUT2D eigenvalue weighted by Gasteiger charge is 2.04. The van der Waals surface area contributed by atoms with Crippen LogP contribution in [0.25, 0.3) is 0 Å². The molecule has 0 aliphatic carbocycles. The van der Waals surface area contributed by atoms with Crippen LogP contribution in [0.15, 0.2) is 9.78 Å². The van der Waals surface area contributed by atoms with Gasteiger partial charge < -0.3 is 0 Å². The van der Waals surface area contributed by atoms with Crippen LogP contribution in [0, 0.1) is 0 Å². The molecule has 0 saturated carbocycles. The molecule has 0 radical (unpaired) electrons. The first kappa shape index (κ1) is 7.69. The lowest BCUT2D eigenvalue weighted by atomic mass is 11.3. The van der Waals surface area contributed by atoms with Crippen LogP contribution in [0.3, 0.4) is 0 Å². The highest BCUT2D eigenvalue weighted by Crippen LogP contribution is 2.02. The maximum atomic E-state index is 2.32. The van der Waals surface area contributed by atoms with Crippen molar-refractivity contribution in [2.75, 3.05) is 0 Å². The average Bonchev–Trinajstić information content (AvgIpc) is 1.30. The minimum absolute atomic E-state index is 0.845. The second-order valence-electron chi connectivity index (χ2n) is 2.66. The molecule has 0 nitrogen and oxygen atoms in total. The van der Waals surface area contributed by atoms with Crippen molar-refractivity contribution < 1.29 is 0 Å². The summed E-state index contributed by atoms with van der Waals surface area (Å²) in [5.74, 6) is 0. The van der Waals surface area contributed by atoms with E-state index < -0.39 is 8.07 Å². The second-order valence-corrected chi connectivity index (χ2v) is 8.44. The van der Waals surface area contributed by atoms with Gasteiger partial charge in [-0.3, -0.25) is 0 Å². The van der Waals surface area contributed by atoms with E-state index in [0.717, 1.165) is 0 Å². The van der Waals surface area contributed by atoms with Crippen molar-refractivity contribution in [2.24, 2.45) is 0 Å². The third kappa shape index (κ3) is 6.69. The molecule has 42 valence electrons. The predicted octanol–water partition coefficient (Wildman–Crippen LogP) is 2.81. The van der Waals surface area contributed by atoms with Crippen molar-refractivity contribution >= 4 is 30.7 Å². The van der Waals surface area contributed by atoms with E-state index in [2.05, 4.69) is 52.0 Å². The van der Waals surface area contributed by atoms with E-state index in [1.807, 2.05) is 0 Å². The quantitative estimate of drug-likeness (QED) is 0.476. The van der Waals surface area contributed by atoms with Crippen molar-refractivity contribution in [3.63, 3.8) is 0 Å². The van der Waals surface area contributed by atoms with Gasteiger partial charge in [-0.15, -0.1) is 0 Å². The molecule has 0 rings (SSSR count). The van der Waals surface area contributed by atoms with E-state index >= 15 is 0 Å². The third-order valence-corrected chi connectivity index (χ3v) is 2.77. The number of halogens is 1. The first-order chi connectivity index (χ1) is 3.06. The van der Waals surface area contributed by atoms with Gasteiger partial charge in [-0.2, -0.15) is 0 Å². The Bertz CT molecular complexity index is 70.6. The summed E-state index contributed by atoms with van der Waals surface area (Å²) in [6, 6.07) is 0. The van der Waals surface area contributed by atoms with Gasteiger partial charge in [0.2, 0.25) is 0 Å². The Balaban J connectivity index is 3.56. The monoisotopic (exact) mass is 226 g/mol. The molecule has 0 spiro atoms. The lowest BCUT2D eigenvalue weighted by Crippen LogP contribution is -2.14. The molecule has 0 saturated heterocycles. The predicted molar refractivity (Wildman–Crippen MR) is 46.5 cm³/mol. The van der Waals surface area contributed by atoms with Gasteiger partial charge >= 0.3 is 0 Å². The second kappa shape index (κ2) is 2.87. The van der Waals surface area contributed by atoms with Gasteiger partial charge in [0.25, 0.3) is 0 Å². The van der Waals surface area contributed by atoms with Gasteiger partial charge in [-0.05, 0) is 4.08 Å². The third-order valence-electron chi connectivity index (χ3n) is 0.563. The summed E-state index contributed by atoms with van der Waals surface area (Å²) >= 11 is 2.27. The summed E-state index contributed by atoms with van der Waals surface area (Å²) in [6.07, 6.45) is 0. The molecule has 2 heteroatoms. The Hall–Kier alpha value is 0.687. The zero-order valence-electron chi connectivity index (χ0n) is 5.03. The minimum Gasteiger partial charge on any atom is -0.0891 e. The Labute approximate surface area is 60.2 Å². The molecule has 0 heterocycles. The summed E-state index contributed by atoms with van der Waals surface area (Å²) < 4.78 is 2.12. The van der Waals surface area contributed by atoms with Crippen molar-refractivity contribution in [2.45, 2.75) is 19.6 Å². The van der Waals surface area contributed by atoms with Crippen LogP contribution in [0.2, 0.25) is 19.6 Å². The highest BCUT2D eigenvalue weighted by atomic mass is 127. The number of hydrogen-bond donors (Lipinski definition) is 0. The van der Waals surface area contributed by atoms with E-state index in [9.17, 15) is 0 Å². The summed E-state index contributed by atoms with van der Waals surface area (Å²) in [6.45, 7) is 6.96. The molecule has 0 aromatic carbocycles. The zero-order chi connectivity index (χ0) is 5.91. The molecule has 0 atom stereocenters. The molecule has 0 amide bonds. The molecule has 0 aliphatic heterocycles. The maximum Gasteiger partial charge on any atom is 0.0692 e. The Morgan fingerprint density at radius 3 is 1.71 bits per heavy atom. The van der Waals surface area contributed by atoms with Crippen LogP contribution in [0.1, 0.15) is 0 Å². The van der Waals surface area contributed by atoms with Gasteiger partial charge in [-0.25, -0.2) is 0 Å². The topological polar surface area (TPSA) is 0 Å². The molecule has 0 aromatic heterocycles. The number of rotatable bonds is 1. The van der Waals surface area contributed by atoms with Crippen molar-refractivity contribution in [1.29, 1.82) is 0 Å². The smallest absolute Gasteiger partial charge is 0.0692 e. The van der Waals surface area contributed by atoms with Gasteiger partial charge in [-0.1, -0.05) is 47.9 Å². The fourth-order valence-corrected chi connectivity index (χ4v) is 3.80. The standard InChI is InChI=1S/C5H11ISi/c1-7(2,3)5-4-6/h4-5H,1-3H3/b5-4+. The van der Waals surface area contributed by atoms with E-state index in [4.69, 9.17) is 0 Å². The molecular formula is C5H11ISi. The van der Waals surface area contributed by atoms with E-state index in [1.54, 1.807) is 0 Å². The maximum absolute atomic E-state index is 2.32. The molecule has 0 N–H and O–H groups in total. The fraction of sp³-hybridized carbons (Fsp3) is 0.600. The van der Waals surface area contributed by atoms with Crippen molar-refractivity contribution in [3.05, 3.63) is 9.78 Å². The largest absolute Gasteiger partial charge is 0.0891 e. The first-order valence-electron chi connectivity index (χ1n) is 2.34. The van der Waals surface area contributed by atoms with Crippen LogP contribution in [0.4, 0.5) is 0 Å². The van der Waals surface area contributed by atoms with Crippen LogP contribution in [-0.2, 0) is 0 Å². The molecule has 0 aromatic rings. The molecule has 0 fully saturated rings. The van der Waals surface area contributed by atoms with Crippen molar-refractivity contribution in [1.82, 2.24) is 0 Å². The fourth-order valence-electron chi connectivity index (χ4n) is 0.189. The van der Waals surface area contributed by atoms with E-state index in [0.29, 0.717) is 0 Å². The van der Waals surface area contributed by atoms with Crippen LogP contribution >= 0.6 is 22.6 Å². The van der Waals surface area contributed by atoms with Crippen molar-refractivity contribution in [3.8, 4) is 0 Å². The van der Waals surface area contributed by atoms with Crippen LogP contribution in [0.5, 0.6) is 0 Å². The summed E-state index contributed by atoms with van der Waals surface area (Å²) in [5.41, 5.74) is 2.31. The molecule has 0 unspecified atom stereocenters. The normalized spacial score (nSPS) is 13.1. The van der Waals surface area contributed by atoms with Gasteiger partial charge in [0.05, 0.1) is 8.07 Å². The summed E-state index contributed by atoms with van der Waals surface area (Å²) in [4.78, 5) is 0. The van der Waals surface area contributed by atoms with Gasteiger partial charge in [0.15, 0.2) is 0 Å². The Kier molecular flexibility index (Phi) is 3.15. The molecule has 7 heavy (non-hydrogen) atoms. The Morgan fingerprint density at radius 1 is 1.29 bits per heavy atom.